The van der Waals surface area contributed by atoms with Crippen molar-refractivity contribution >= 4 is 29.3 Å². The Morgan fingerprint density at radius 3 is 2.52 bits per heavy atom. The Morgan fingerprint density at radius 1 is 1.06 bits per heavy atom. The largest absolute Gasteiger partial charge is 0.354 e. The van der Waals surface area contributed by atoms with Gasteiger partial charge in [0.05, 0.1) is 21.6 Å². The predicted octanol–water partition coefficient (Wildman–Crippen LogP) is 0.912. The summed E-state index contributed by atoms with van der Waals surface area (Å²) in [6.45, 7) is 0.476. The molecule has 3 rings (SSSR count). The zero-order chi connectivity index (χ0) is 22.4. The minimum Gasteiger partial charge on any atom is -0.354 e. The molecule has 0 spiro atoms. The average molecular weight is 425 g/mol. The van der Waals surface area contributed by atoms with Crippen LogP contribution in [0.2, 0.25) is 0 Å². The van der Waals surface area contributed by atoms with Crippen LogP contribution in [0.15, 0.2) is 42.7 Å². The van der Waals surface area contributed by atoms with Crippen molar-refractivity contribution in [1.82, 2.24) is 20.5 Å². The first-order valence-electron chi connectivity index (χ1n) is 9.48. The highest BCUT2D eigenvalue weighted by atomic mass is 16.6. The van der Waals surface area contributed by atoms with Crippen LogP contribution in [-0.2, 0) is 4.79 Å². The standard InChI is InChI=1S/C20H19N5O6/c26-17(22-8-9-23-18(27)13-3-1-7-21-12-13)4-2-10-24-19(28)15-6-5-14(25(30)31)11-16(15)20(24)29/h1,3,5-7,11-12H,2,4,8-10H2,(H,22,26)(H,23,27). The van der Waals surface area contributed by atoms with Gasteiger partial charge in [0, 0.05) is 50.6 Å². The monoisotopic (exact) mass is 425 g/mol. The molecule has 11 nitrogen and oxygen atoms in total. The zero-order valence-corrected chi connectivity index (χ0v) is 16.4. The molecule has 0 saturated carbocycles. The lowest BCUT2D eigenvalue weighted by Gasteiger charge is -2.13. The second kappa shape index (κ2) is 9.57. The van der Waals surface area contributed by atoms with E-state index in [2.05, 4.69) is 15.6 Å². The summed E-state index contributed by atoms with van der Waals surface area (Å²) < 4.78 is 0. The van der Waals surface area contributed by atoms with Gasteiger partial charge in [-0.1, -0.05) is 0 Å². The van der Waals surface area contributed by atoms with Crippen LogP contribution in [-0.4, -0.2) is 58.1 Å². The van der Waals surface area contributed by atoms with Crippen molar-refractivity contribution < 1.29 is 24.1 Å². The molecular formula is C20H19N5O6. The molecule has 0 fully saturated rings. The molecule has 1 aliphatic rings. The van der Waals surface area contributed by atoms with Gasteiger partial charge in [-0.2, -0.15) is 0 Å². The number of pyridine rings is 1. The van der Waals surface area contributed by atoms with Gasteiger partial charge in [-0.05, 0) is 24.6 Å². The van der Waals surface area contributed by atoms with Crippen molar-refractivity contribution in [2.24, 2.45) is 0 Å². The van der Waals surface area contributed by atoms with Gasteiger partial charge < -0.3 is 10.6 Å². The quantitative estimate of drug-likeness (QED) is 0.262. The molecule has 1 aromatic heterocycles. The summed E-state index contributed by atoms with van der Waals surface area (Å²) in [6, 6.07) is 6.79. The topological polar surface area (TPSA) is 152 Å². The van der Waals surface area contributed by atoms with Crippen molar-refractivity contribution in [3.63, 3.8) is 0 Å². The van der Waals surface area contributed by atoms with Crippen molar-refractivity contribution in [2.75, 3.05) is 19.6 Å². The van der Waals surface area contributed by atoms with Crippen LogP contribution in [0.5, 0.6) is 0 Å². The molecule has 2 heterocycles. The highest BCUT2D eigenvalue weighted by Crippen LogP contribution is 2.26. The van der Waals surface area contributed by atoms with E-state index in [9.17, 15) is 29.3 Å². The molecule has 0 atom stereocenters. The van der Waals surface area contributed by atoms with E-state index in [-0.39, 0.29) is 61.1 Å². The maximum Gasteiger partial charge on any atom is 0.270 e. The molecular weight excluding hydrogens is 406 g/mol. The van der Waals surface area contributed by atoms with Gasteiger partial charge in [0.15, 0.2) is 0 Å². The molecule has 0 aliphatic carbocycles. The van der Waals surface area contributed by atoms with Crippen molar-refractivity contribution in [2.45, 2.75) is 12.8 Å². The number of hydrogen-bond donors (Lipinski definition) is 2. The maximum atomic E-state index is 12.4. The average Bonchev–Trinajstić information content (AvgIpc) is 3.01. The number of carbonyl (C=O) groups is 4. The Morgan fingerprint density at radius 2 is 1.81 bits per heavy atom. The molecule has 2 N–H and O–H groups in total. The lowest BCUT2D eigenvalue weighted by Crippen LogP contribution is -2.35. The lowest BCUT2D eigenvalue weighted by atomic mass is 10.1. The number of nitro groups is 1. The third-order valence-corrected chi connectivity index (χ3v) is 4.61. The van der Waals surface area contributed by atoms with Crippen molar-refractivity contribution in [3.05, 3.63) is 69.5 Å². The van der Waals surface area contributed by atoms with E-state index in [0.717, 1.165) is 11.0 Å². The maximum absolute atomic E-state index is 12.4. The molecule has 0 bridgehead atoms. The SMILES string of the molecule is O=C(CCCN1C(=O)c2ccc([N+](=O)[O-])cc2C1=O)NCCNC(=O)c1cccnc1. The normalized spacial score (nSPS) is 12.5. The molecule has 1 aromatic carbocycles. The Bertz CT molecular complexity index is 1040. The Kier molecular flexibility index (Phi) is 6.65. The van der Waals surface area contributed by atoms with E-state index < -0.39 is 16.7 Å². The zero-order valence-electron chi connectivity index (χ0n) is 16.4. The van der Waals surface area contributed by atoms with Crippen LogP contribution in [0.4, 0.5) is 5.69 Å². The number of fused-ring (bicyclic) bond motifs is 1. The number of nitrogens with zero attached hydrogens (tertiary/aromatic N) is 3. The number of carbonyl (C=O) groups excluding carboxylic acids is 4. The van der Waals surface area contributed by atoms with Crippen LogP contribution < -0.4 is 10.6 Å². The predicted molar refractivity (Wildman–Crippen MR) is 107 cm³/mol. The second-order valence-electron chi connectivity index (χ2n) is 6.70. The number of hydrogen-bond acceptors (Lipinski definition) is 7. The summed E-state index contributed by atoms with van der Waals surface area (Å²) in [5.74, 6) is -1.73. The van der Waals surface area contributed by atoms with E-state index in [1.165, 1.54) is 18.3 Å². The van der Waals surface area contributed by atoms with Gasteiger partial charge in [0.25, 0.3) is 23.4 Å². The van der Waals surface area contributed by atoms with Crippen LogP contribution in [0.1, 0.15) is 43.9 Å². The third-order valence-electron chi connectivity index (χ3n) is 4.61. The van der Waals surface area contributed by atoms with Crippen LogP contribution in [0, 0.1) is 10.1 Å². The summed E-state index contributed by atoms with van der Waals surface area (Å²) >= 11 is 0. The van der Waals surface area contributed by atoms with Crippen molar-refractivity contribution in [1.29, 1.82) is 0 Å². The summed E-state index contributed by atoms with van der Waals surface area (Å²) in [5, 5.41) is 16.2. The summed E-state index contributed by atoms with van der Waals surface area (Å²) in [6.07, 6.45) is 3.31. The van der Waals surface area contributed by atoms with Crippen LogP contribution >= 0.6 is 0 Å². The van der Waals surface area contributed by atoms with Crippen LogP contribution in [0.25, 0.3) is 0 Å². The van der Waals surface area contributed by atoms with Gasteiger partial charge in [-0.3, -0.25) is 39.2 Å². The lowest BCUT2D eigenvalue weighted by molar-refractivity contribution is -0.384. The van der Waals surface area contributed by atoms with Gasteiger partial charge >= 0.3 is 0 Å². The number of non-ortho nitro benzene ring substituents is 1. The minimum absolute atomic E-state index is 0.00647. The van der Waals surface area contributed by atoms with Crippen molar-refractivity contribution in [3.8, 4) is 0 Å². The molecule has 4 amide bonds. The molecule has 11 heteroatoms. The van der Waals surface area contributed by atoms with Gasteiger partial charge in [0.1, 0.15) is 0 Å². The van der Waals surface area contributed by atoms with E-state index >= 15 is 0 Å². The van der Waals surface area contributed by atoms with Crippen LogP contribution in [0.3, 0.4) is 0 Å². The first kappa shape index (κ1) is 21.6. The number of aromatic nitrogens is 1. The fourth-order valence-corrected chi connectivity index (χ4v) is 3.06. The van der Waals surface area contributed by atoms with E-state index in [1.54, 1.807) is 18.3 Å². The molecule has 0 unspecified atom stereocenters. The third kappa shape index (κ3) is 5.07. The molecule has 2 aromatic rings. The second-order valence-corrected chi connectivity index (χ2v) is 6.70. The first-order valence-corrected chi connectivity index (χ1v) is 9.48. The highest BCUT2D eigenvalue weighted by molar-refractivity contribution is 6.21. The minimum atomic E-state index is -0.635. The Hall–Kier alpha value is -4.15. The number of nitrogens with one attached hydrogen (secondary N) is 2. The summed E-state index contributed by atoms with van der Waals surface area (Å²) in [5.41, 5.74) is 0.259. The highest BCUT2D eigenvalue weighted by Gasteiger charge is 2.36. The number of benzene rings is 1. The van der Waals surface area contributed by atoms with Gasteiger partial charge in [-0.15, -0.1) is 0 Å². The summed E-state index contributed by atoms with van der Waals surface area (Å²) in [7, 11) is 0. The van der Waals surface area contributed by atoms with E-state index in [1.807, 2.05) is 0 Å². The fraction of sp³-hybridized carbons (Fsp3) is 0.250. The molecule has 31 heavy (non-hydrogen) atoms. The smallest absolute Gasteiger partial charge is 0.270 e. The fourth-order valence-electron chi connectivity index (χ4n) is 3.06. The number of amides is 4. The number of imide groups is 1. The molecule has 0 saturated heterocycles. The molecule has 160 valence electrons. The van der Waals surface area contributed by atoms with Gasteiger partial charge in [0.2, 0.25) is 5.91 Å². The Labute approximate surface area is 176 Å². The van der Waals surface area contributed by atoms with E-state index in [4.69, 9.17) is 0 Å². The molecule has 0 radical (unpaired) electrons. The van der Waals surface area contributed by atoms with Gasteiger partial charge in [-0.25, -0.2) is 0 Å². The molecule has 1 aliphatic heterocycles. The summed E-state index contributed by atoms with van der Waals surface area (Å²) in [4.78, 5) is 63.6. The number of rotatable bonds is 9. The number of nitro benzene ring substituents is 1. The Balaban J connectivity index is 1.39. The van der Waals surface area contributed by atoms with E-state index in [0.29, 0.717) is 5.56 Å². The first-order chi connectivity index (χ1) is 14.9.